The molecule has 0 heterocycles. The average Bonchev–Trinajstić information content (AvgIpc) is 1.12. The molecule has 0 aliphatic rings. The van der Waals surface area contributed by atoms with Crippen LogP contribution in [0.15, 0.2) is 0 Å². The van der Waals surface area contributed by atoms with Gasteiger partial charge in [0.15, 0.2) is 0 Å². The van der Waals surface area contributed by atoms with Gasteiger partial charge in [-0.15, -0.1) is 0 Å². The fourth-order valence-corrected chi connectivity index (χ4v) is 0. The van der Waals surface area contributed by atoms with E-state index in [1.807, 2.05) is 0 Å². The van der Waals surface area contributed by atoms with Gasteiger partial charge in [-0.05, 0) is 0 Å². The van der Waals surface area contributed by atoms with E-state index in [1.165, 1.54) is 0 Å². The van der Waals surface area contributed by atoms with E-state index in [2.05, 4.69) is 0 Å². The summed E-state index contributed by atoms with van der Waals surface area (Å²) in [5.74, 6) is 0. The predicted octanol–water partition coefficient (Wildman–Crippen LogP) is -4.11. The Hall–Kier alpha value is 1.34. The minimum atomic E-state index is -4.64. The van der Waals surface area contributed by atoms with E-state index in [9.17, 15) is 0 Å². The molecule has 0 aromatic rings. The van der Waals surface area contributed by atoms with Crippen LogP contribution >= 0.6 is 15.6 Å². The monoisotopic (exact) mass is 276 g/mol. The molecular weight excluding hydrogens is 265 g/mol. The summed E-state index contributed by atoms with van der Waals surface area (Å²) >= 11 is 0. The van der Waals surface area contributed by atoms with Crippen molar-refractivity contribution in [1.82, 2.24) is 0 Å². The van der Waals surface area contributed by atoms with E-state index in [0.717, 1.165) is 0 Å². The minimum absolute atomic E-state index is 0. The van der Waals surface area contributed by atoms with Crippen molar-refractivity contribution in [3.8, 4) is 0 Å². The third-order valence-corrected chi connectivity index (χ3v) is 0. The first-order valence-electron chi connectivity index (χ1n) is 1.57. The molecule has 0 unspecified atom stereocenters. The molecule has 0 fully saturated rings. The number of hydrogen-bond acceptors (Lipinski definition) is 2. The van der Waals surface area contributed by atoms with E-state index in [4.69, 9.17) is 38.5 Å². The van der Waals surface area contributed by atoms with Crippen molar-refractivity contribution < 1.29 is 75.8 Å². The Morgan fingerprint density at radius 2 is 0.769 bits per heavy atom. The van der Waals surface area contributed by atoms with Gasteiger partial charge in [0.1, 0.15) is 0 Å². The van der Waals surface area contributed by atoms with Gasteiger partial charge in [0.05, 0.1) is 0 Å². The quantitative estimate of drug-likeness (QED) is 0.192. The summed E-state index contributed by atoms with van der Waals surface area (Å²) in [5, 5.41) is 0. The molecule has 6 N–H and O–H groups in total. The van der Waals surface area contributed by atoms with E-state index < -0.39 is 15.6 Å². The molecule has 13 heavy (non-hydrogen) atoms. The van der Waals surface area contributed by atoms with Crippen molar-refractivity contribution >= 4 is 15.6 Å². The Kier molecular flexibility index (Phi) is 25.7. The zero-order chi connectivity index (χ0) is 9.00. The van der Waals surface area contributed by atoms with Gasteiger partial charge < -0.3 is 30.8 Å². The van der Waals surface area contributed by atoms with Crippen LogP contribution in [0.5, 0.6) is 0 Å². The van der Waals surface area contributed by atoms with Crippen molar-refractivity contribution in [2.75, 3.05) is 0 Å². The van der Waals surface area contributed by atoms with E-state index in [-0.39, 0.29) is 44.8 Å². The zero-order valence-corrected chi connectivity index (χ0v) is 8.64. The van der Waals surface area contributed by atoms with Gasteiger partial charge in [-0.3, -0.25) is 0 Å². The SMILES string of the molecule is C.O=P(O)(O)O.O=P(O)(O)O.[Fe].[H-].[Li+]. The second-order valence-electron chi connectivity index (χ2n) is 1.03. The van der Waals surface area contributed by atoms with Gasteiger partial charge in [0.2, 0.25) is 0 Å². The molecule has 0 saturated heterocycles. The van der Waals surface area contributed by atoms with Crippen molar-refractivity contribution in [3.63, 3.8) is 0 Å². The van der Waals surface area contributed by atoms with Crippen LogP contribution in [-0.2, 0) is 26.2 Å². The smallest absolute Gasteiger partial charge is 1.00 e. The summed E-state index contributed by atoms with van der Waals surface area (Å²) in [5.41, 5.74) is 0. The van der Waals surface area contributed by atoms with Gasteiger partial charge in [-0.2, -0.15) is 0 Å². The first kappa shape index (κ1) is 29.3. The third-order valence-electron chi connectivity index (χ3n) is 0. The van der Waals surface area contributed by atoms with Gasteiger partial charge in [-0.25, -0.2) is 9.13 Å². The summed E-state index contributed by atoms with van der Waals surface area (Å²) in [6, 6.07) is 0. The number of hydrogen-bond donors (Lipinski definition) is 6. The summed E-state index contributed by atoms with van der Waals surface area (Å²) < 4.78 is 17.8. The molecule has 0 amide bonds. The largest absolute Gasteiger partial charge is 1.00 e. The predicted molar refractivity (Wildman–Crippen MR) is 36.4 cm³/mol. The zero-order valence-electron chi connectivity index (χ0n) is 6.75. The second-order valence-corrected chi connectivity index (χ2v) is 3.08. The van der Waals surface area contributed by atoms with Crippen LogP contribution in [0.25, 0.3) is 0 Å². The van der Waals surface area contributed by atoms with Crippen molar-refractivity contribution in [2.24, 2.45) is 0 Å². The molecule has 0 rings (SSSR count). The van der Waals surface area contributed by atoms with Crippen molar-refractivity contribution in [3.05, 3.63) is 0 Å². The van der Waals surface area contributed by atoms with Crippen molar-refractivity contribution in [2.45, 2.75) is 7.43 Å². The first-order chi connectivity index (χ1) is 4.00. The van der Waals surface area contributed by atoms with Crippen LogP contribution in [0.4, 0.5) is 0 Å². The maximum atomic E-state index is 8.88. The topological polar surface area (TPSA) is 156 Å². The fraction of sp³-hybridized carbons (Fsp3) is 1.00. The van der Waals surface area contributed by atoms with Crippen LogP contribution < -0.4 is 18.9 Å². The van der Waals surface area contributed by atoms with Crippen molar-refractivity contribution in [1.29, 1.82) is 0 Å². The second kappa shape index (κ2) is 11.4. The molecule has 0 bridgehead atoms. The van der Waals surface area contributed by atoms with E-state index in [1.54, 1.807) is 0 Å². The fourth-order valence-electron chi connectivity index (χ4n) is 0. The number of phosphoric acid groups is 2. The Labute approximate surface area is 99.0 Å². The Morgan fingerprint density at radius 1 is 0.769 bits per heavy atom. The van der Waals surface area contributed by atoms with Crippen LogP contribution in [0, 0.1) is 0 Å². The first-order valence-corrected chi connectivity index (χ1v) is 4.70. The Balaban J connectivity index is -0.0000000178. The maximum absolute atomic E-state index is 8.88. The third kappa shape index (κ3) is 959. The van der Waals surface area contributed by atoms with Gasteiger partial charge >= 0.3 is 34.5 Å². The molecule has 0 atom stereocenters. The number of rotatable bonds is 0. The van der Waals surface area contributed by atoms with Crippen LogP contribution in [-0.4, -0.2) is 29.4 Å². The molecule has 0 aromatic heterocycles. The van der Waals surface area contributed by atoms with Crippen LogP contribution in [0.1, 0.15) is 8.85 Å². The Morgan fingerprint density at radius 3 is 0.769 bits per heavy atom. The van der Waals surface area contributed by atoms with Crippen LogP contribution in [0.3, 0.4) is 0 Å². The maximum Gasteiger partial charge on any atom is 1.00 e. The average molecular weight is 276 g/mol. The molecule has 8 nitrogen and oxygen atoms in total. The molecule has 0 aromatic carbocycles. The van der Waals surface area contributed by atoms with E-state index in [0.29, 0.717) is 0 Å². The van der Waals surface area contributed by atoms with Crippen LogP contribution in [0.2, 0.25) is 0 Å². The summed E-state index contributed by atoms with van der Waals surface area (Å²) in [4.78, 5) is 43.1. The molecule has 12 heteroatoms. The van der Waals surface area contributed by atoms with Gasteiger partial charge in [-0.1, -0.05) is 7.43 Å². The molecular formula is CH11FeLiO8P2. The standard InChI is InChI=1S/CH4.Fe.Li.2H3O4P.H/c;;;2*1-5(2,3)4;/h1H4;;;2*(H3,1,2,3,4);/q;;+1;;;-1. The summed E-state index contributed by atoms with van der Waals surface area (Å²) in [6.45, 7) is 0. The van der Waals surface area contributed by atoms with Gasteiger partial charge in [0.25, 0.3) is 0 Å². The molecule has 0 aliphatic carbocycles. The summed E-state index contributed by atoms with van der Waals surface area (Å²) in [6.07, 6.45) is 0. The molecule has 0 radical (unpaired) electrons. The molecule has 0 aliphatic heterocycles. The minimum Gasteiger partial charge on any atom is -1.00 e. The molecule has 0 saturated carbocycles. The Bertz CT molecular complexity index is 140. The normalized spacial score (nSPS) is 9.08. The molecule has 82 valence electrons. The summed E-state index contributed by atoms with van der Waals surface area (Å²) in [7, 11) is -9.28. The van der Waals surface area contributed by atoms with Gasteiger partial charge in [0, 0.05) is 17.1 Å². The van der Waals surface area contributed by atoms with E-state index >= 15 is 0 Å². The molecule has 0 spiro atoms.